The zero-order valence-corrected chi connectivity index (χ0v) is 36.0. The maximum absolute atomic E-state index is 9.16. The van der Waals surface area contributed by atoms with Gasteiger partial charge in [-0.3, -0.25) is 4.57 Å². The molecule has 5 heteroatoms. The van der Waals surface area contributed by atoms with E-state index < -0.39 is 0 Å². The number of hydrogen-bond donors (Lipinski definition) is 0. The van der Waals surface area contributed by atoms with Crippen LogP contribution in [0.15, 0.2) is 140 Å². The Morgan fingerprint density at radius 1 is 0.534 bits per heavy atom. The maximum atomic E-state index is 9.16. The van der Waals surface area contributed by atoms with Crippen molar-refractivity contribution in [3.05, 3.63) is 168 Å². The van der Waals surface area contributed by atoms with Gasteiger partial charge >= 0.3 is 0 Å². The molecule has 5 nitrogen and oxygen atoms in total. The molecule has 58 heavy (non-hydrogen) atoms. The largest absolute Gasteiger partial charge is 0.457 e. The molecule has 1 aliphatic rings. The molecule has 0 unspecified atom stereocenters. The molecule has 0 radical (unpaired) electrons. The number of aromatic nitrogens is 2. The highest BCUT2D eigenvalue weighted by molar-refractivity contribution is 6.11. The van der Waals surface area contributed by atoms with E-state index in [1.165, 1.54) is 22.3 Å². The number of para-hydroxylation sites is 1. The van der Waals surface area contributed by atoms with E-state index in [0.29, 0.717) is 18.2 Å². The molecular weight excluding hydrogens is 709 g/mol. The summed E-state index contributed by atoms with van der Waals surface area (Å²) in [4.78, 5) is 8.79. The van der Waals surface area contributed by atoms with Crippen molar-refractivity contribution in [2.45, 2.75) is 97.8 Å². The van der Waals surface area contributed by atoms with Crippen LogP contribution in [0.25, 0.3) is 27.6 Å². The second-order valence-electron chi connectivity index (χ2n) is 19.5. The lowest BCUT2D eigenvalue weighted by atomic mass is 9.76. The molecule has 7 aromatic rings. The van der Waals surface area contributed by atoms with Gasteiger partial charge in [-0.2, -0.15) is 0 Å². The lowest BCUT2D eigenvalue weighted by Gasteiger charge is -2.29. The zero-order valence-electron chi connectivity index (χ0n) is 38.0. The van der Waals surface area contributed by atoms with E-state index in [-0.39, 0.29) is 34.0 Å². The third kappa shape index (κ3) is 7.39. The third-order valence-electron chi connectivity index (χ3n) is 11.7. The Kier molecular flexibility index (Phi) is 8.96. The van der Waals surface area contributed by atoms with Gasteiger partial charge in [0, 0.05) is 58.2 Å². The minimum atomic E-state index is -0.387. The number of pyridine rings is 1. The summed E-state index contributed by atoms with van der Waals surface area (Å²) in [6.07, 6.45) is 2.23. The fraction of sp³-hybridized carbons (Fsp3) is 0.302. The zero-order chi connectivity index (χ0) is 42.9. The first-order valence-electron chi connectivity index (χ1n) is 21.5. The summed E-state index contributed by atoms with van der Waals surface area (Å²) in [5.74, 6) is 2.21. The number of rotatable bonds is 7. The summed E-state index contributed by atoms with van der Waals surface area (Å²) in [6, 6.07) is 42.5. The average molecular weight is 769 g/mol. The molecule has 0 atom stereocenters. The van der Waals surface area contributed by atoms with Crippen LogP contribution in [-0.2, 0) is 21.7 Å². The van der Waals surface area contributed by atoms with Gasteiger partial charge in [0.15, 0.2) is 0 Å². The third-order valence-corrected chi connectivity index (χ3v) is 11.7. The van der Waals surface area contributed by atoms with Crippen molar-refractivity contribution >= 4 is 33.2 Å². The fourth-order valence-electron chi connectivity index (χ4n) is 8.00. The van der Waals surface area contributed by atoms with E-state index >= 15 is 0 Å². The van der Waals surface area contributed by atoms with Crippen LogP contribution in [0.3, 0.4) is 0 Å². The first-order valence-corrected chi connectivity index (χ1v) is 20.5. The minimum Gasteiger partial charge on any atom is -0.457 e. The lowest BCUT2D eigenvalue weighted by Crippen LogP contribution is -2.26. The Morgan fingerprint density at radius 2 is 1.17 bits per heavy atom. The van der Waals surface area contributed by atoms with Crippen molar-refractivity contribution in [2.75, 3.05) is 16.5 Å². The Labute approximate surface area is 348 Å². The number of hydrogen-bond acceptors (Lipinski definition) is 4. The Balaban J connectivity index is 1.23. The standard InChI is InChI=1S/C53H58N4O/c1-50(2,3)37-24-25-54-48(31-37)57-46-23-16-15-22-44(46)49-45(53(10,11)36-18-13-12-14-19-36)33-43(34-47(49)57)58-42-21-17-20-40(32-42)55-26-27-56(35-55)41-29-38(51(4,5)6)28-39(30-41)52(7,8)9/h12-34H,35H2,1-11H3/i26D,27D. The van der Waals surface area contributed by atoms with Crippen LogP contribution < -0.4 is 14.5 Å². The predicted octanol–water partition coefficient (Wildman–Crippen LogP) is 13.9. The normalized spacial score (nSPS) is 14.7. The molecule has 0 saturated carbocycles. The van der Waals surface area contributed by atoms with Crippen molar-refractivity contribution < 1.29 is 7.48 Å². The van der Waals surface area contributed by atoms with Gasteiger partial charge in [-0.1, -0.05) is 137 Å². The van der Waals surface area contributed by atoms with Crippen molar-refractivity contribution in [1.29, 1.82) is 0 Å². The van der Waals surface area contributed by atoms with E-state index in [0.717, 1.165) is 44.6 Å². The van der Waals surface area contributed by atoms with Crippen LogP contribution in [0, 0.1) is 0 Å². The van der Waals surface area contributed by atoms with Gasteiger partial charge in [0.05, 0.1) is 20.4 Å². The maximum Gasteiger partial charge on any atom is 0.137 e. The van der Waals surface area contributed by atoms with Crippen molar-refractivity contribution in [2.24, 2.45) is 0 Å². The van der Waals surface area contributed by atoms with Crippen LogP contribution >= 0.6 is 0 Å². The Morgan fingerprint density at radius 3 is 1.84 bits per heavy atom. The lowest BCUT2D eigenvalue weighted by molar-refractivity contribution is 0.481. The van der Waals surface area contributed by atoms with Gasteiger partial charge in [0.2, 0.25) is 0 Å². The quantitative estimate of drug-likeness (QED) is 0.162. The van der Waals surface area contributed by atoms with Crippen molar-refractivity contribution in [3.63, 3.8) is 0 Å². The highest BCUT2D eigenvalue weighted by atomic mass is 16.5. The van der Waals surface area contributed by atoms with Gasteiger partial charge in [-0.05, 0) is 92.6 Å². The highest BCUT2D eigenvalue weighted by Gasteiger charge is 2.30. The highest BCUT2D eigenvalue weighted by Crippen LogP contribution is 2.45. The first-order chi connectivity index (χ1) is 28.2. The van der Waals surface area contributed by atoms with E-state index in [2.05, 4.69) is 178 Å². The van der Waals surface area contributed by atoms with Crippen LogP contribution in [-0.4, -0.2) is 16.2 Å². The molecule has 0 amide bonds. The predicted molar refractivity (Wildman–Crippen MR) is 245 cm³/mol. The van der Waals surface area contributed by atoms with Crippen LogP contribution in [0.2, 0.25) is 0 Å². The van der Waals surface area contributed by atoms with Crippen molar-refractivity contribution in [1.82, 2.24) is 9.55 Å². The second kappa shape index (κ2) is 14.2. The summed E-state index contributed by atoms with van der Waals surface area (Å²) in [5, 5.41) is 2.32. The van der Waals surface area contributed by atoms with E-state index in [1.807, 2.05) is 40.3 Å². The molecule has 296 valence electrons. The summed E-state index contributed by atoms with van der Waals surface area (Å²) < 4.78 is 27.5. The van der Waals surface area contributed by atoms with Gasteiger partial charge in [0.1, 0.15) is 17.3 Å². The molecule has 0 fully saturated rings. The molecule has 2 aromatic heterocycles. The molecular formula is C53H58N4O. The van der Waals surface area contributed by atoms with Gasteiger partial charge in [-0.25, -0.2) is 4.98 Å². The molecule has 0 spiro atoms. The van der Waals surface area contributed by atoms with Gasteiger partial charge < -0.3 is 14.5 Å². The molecule has 0 saturated heterocycles. The molecule has 0 N–H and O–H groups in total. The SMILES string of the molecule is [2H]C1=C([2H])N(c2cc(C(C)(C)C)cc(C(C)(C)C)c2)CN1c1cccc(Oc2cc(C(C)(C)c3ccccc3)c3c4ccccc4n(-c4cc(C(C)(C)C)ccn4)c3c2)c1. The topological polar surface area (TPSA) is 33.5 Å². The van der Waals surface area contributed by atoms with Crippen LogP contribution in [0.5, 0.6) is 11.5 Å². The Hall–Kier alpha value is -5.81. The first kappa shape index (κ1) is 36.5. The minimum absolute atomic E-state index is 0.0523. The summed E-state index contributed by atoms with van der Waals surface area (Å²) >= 11 is 0. The van der Waals surface area contributed by atoms with Crippen LogP contribution in [0.4, 0.5) is 11.4 Å². The summed E-state index contributed by atoms with van der Waals surface area (Å²) in [6.45, 7) is 24.9. The molecule has 0 aliphatic carbocycles. The molecule has 8 rings (SSSR count). The average Bonchev–Trinajstić information content (AvgIpc) is 3.69. The van der Waals surface area contributed by atoms with Gasteiger partial charge in [0.25, 0.3) is 0 Å². The number of ether oxygens (including phenoxy) is 1. The monoisotopic (exact) mass is 768 g/mol. The summed E-state index contributed by atoms with van der Waals surface area (Å²) in [5.41, 5.74) is 9.21. The second-order valence-corrected chi connectivity index (χ2v) is 19.5. The van der Waals surface area contributed by atoms with E-state index in [4.69, 9.17) is 12.5 Å². The summed E-state index contributed by atoms with van der Waals surface area (Å²) in [7, 11) is 0. The van der Waals surface area contributed by atoms with Crippen molar-refractivity contribution in [3.8, 4) is 17.3 Å². The molecule has 0 bridgehead atoms. The molecule has 5 aromatic carbocycles. The number of nitrogens with zero attached hydrogens (tertiary/aromatic N) is 4. The molecule has 3 heterocycles. The van der Waals surface area contributed by atoms with Gasteiger partial charge in [-0.15, -0.1) is 0 Å². The van der Waals surface area contributed by atoms with E-state index in [9.17, 15) is 0 Å². The van der Waals surface area contributed by atoms with E-state index in [1.54, 1.807) is 0 Å². The number of anilines is 2. The Bertz CT molecular complexity index is 2750. The number of benzene rings is 5. The molecule has 1 aliphatic heterocycles. The smallest absolute Gasteiger partial charge is 0.137 e. The number of fused-ring (bicyclic) bond motifs is 3. The fourth-order valence-corrected chi connectivity index (χ4v) is 8.00. The van der Waals surface area contributed by atoms with Crippen LogP contribution in [0.1, 0.15) is 107 Å².